The first-order valence-electron chi connectivity index (χ1n) is 12.7. The number of amides is 1. The molecule has 6 rings (SSSR count). The van der Waals surface area contributed by atoms with Crippen molar-refractivity contribution in [1.82, 2.24) is 10.5 Å². The van der Waals surface area contributed by atoms with Crippen LogP contribution in [0.15, 0.2) is 77.3 Å². The first-order chi connectivity index (χ1) is 17.9. The molecule has 1 saturated carbocycles. The van der Waals surface area contributed by atoms with Gasteiger partial charge in [-0.05, 0) is 60.4 Å². The Bertz CT molecular complexity index is 1480. The lowest BCUT2D eigenvalue weighted by Gasteiger charge is -2.14. The molecule has 0 saturated heterocycles. The Kier molecular flexibility index (Phi) is 5.67. The molecule has 37 heavy (non-hydrogen) atoms. The molecule has 2 N–H and O–H groups in total. The summed E-state index contributed by atoms with van der Waals surface area (Å²) in [5.41, 5.74) is 7.08. The van der Waals surface area contributed by atoms with Crippen molar-refractivity contribution in [1.29, 1.82) is 0 Å². The largest absolute Gasteiger partial charge is 0.481 e. The lowest BCUT2D eigenvalue weighted by molar-refractivity contribution is -0.140. The van der Waals surface area contributed by atoms with E-state index in [4.69, 9.17) is 4.52 Å². The average Bonchev–Trinajstić information content (AvgIpc) is 3.54. The monoisotopic (exact) mass is 492 g/mol. The van der Waals surface area contributed by atoms with E-state index in [0.717, 1.165) is 40.7 Å². The van der Waals surface area contributed by atoms with Gasteiger partial charge in [0, 0.05) is 11.1 Å². The highest BCUT2D eigenvalue weighted by molar-refractivity contribution is 5.85. The van der Waals surface area contributed by atoms with Crippen molar-refractivity contribution in [2.45, 2.75) is 50.5 Å². The van der Waals surface area contributed by atoms with Gasteiger partial charge in [0.25, 0.3) is 0 Å². The summed E-state index contributed by atoms with van der Waals surface area (Å²) in [7, 11) is 0. The Labute approximate surface area is 215 Å². The van der Waals surface area contributed by atoms with Crippen LogP contribution in [0.4, 0.5) is 0 Å². The molecule has 0 unspecified atom stereocenters. The SMILES string of the molecule is Cc1noc(-c2ccc(-c3ccc(C4(C(=O)O)CC4)cc3)cc2)c1CC(=O)N[C@H]1CCc2ccccc21. The van der Waals surface area contributed by atoms with E-state index >= 15 is 0 Å². The lowest BCUT2D eigenvalue weighted by Crippen LogP contribution is -2.28. The maximum Gasteiger partial charge on any atom is 0.314 e. The summed E-state index contributed by atoms with van der Waals surface area (Å²) < 4.78 is 5.65. The van der Waals surface area contributed by atoms with Crippen molar-refractivity contribution in [3.63, 3.8) is 0 Å². The summed E-state index contributed by atoms with van der Waals surface area (Å²) in [6, 6.07) is 24.1. The van der Waals surface area contributed by atoms with Crippen molar-refractivity contribution in [2.24, 2.45) is 0 Å². The number of benzene rings is 3. The van der Waals surface area contributed by atoms with E-state index < -0.39 is 11.4 Å². The third-order valence-corrected chi connectivity index (χ3v) is 7.87. The summed E-state index contributed by atoms with van der Waals surface area (Å²) in [5.74, 6) is -0.177. The fourth-order valence-corrected chi connectivity index (χ4v) is 5.48. The first kappa shape index (κ1) is 23.2. The predicted octanol–water partition coefficient (Wildman–Crippen LogP) is 5.78. The van der Waals surface area contributed by atoms with Crippen LogP contribution in [-0.2, 0) is 27.8 Å². The van der Waals surface area contributed by atoms with Crippen LogP contribution in [0.25, 0.3) is 22.5 Å². The average molecular weight is 493 g/mol. The number of aromatic nitrogens is 1. The van der Waals surface area contributed by atoms with Crippen LogP contribution in [0.1, 0.15) is 53.3 Å². The zero-order chi connectivity index (χ0) is 25.6. The molecule has 1 fully saturated rings. The molecule has 0 aliphatic heterocycles. The van der Waals surface area contributed by atoms with Crippen molar-refractivity contribution in [2.75, 3.05) is 0 Å². The number of carboxylic acid groups (broad SMARTS) is 1. The summed E-state index contributed by atoms with van der Waals surface area (Å²) in [4.78, 5) is 24.6. The second-order valence-electron chi connectivity index (χ2n) is 10.2. The molecule has 2 aliphatic rings. The number of fused-ring (bicyclic) bond motifs is 1. The fourth-order valence-electron chi connectivity index (χ4n) is 5.48. The maximum absolute atomic E-state index is 13.0. The first-order valence-corrected chi connectivity index (χ1v) is 12.7. The number of nitrogens with zero attached hydrogens (tertiary/aromatic N) is 1. The summed E-state index contributed by atoms with van der Waals surface area (Å²) >= 11 is 0. The third kappa shape index (κ3) is 4.22. The van der Waals surface area contributed by atoms with Crippen LogP contribution >= 0.6 is 0 Å². The maximum atomic E-state index is 13.0. The highest BCUT2D eigenvalue weighted by Crippen LogP contribution is 2.48. The van der Waals surface area contributed by atoms with Crippen LogP contribution in [0, 0.1) is 6.92 Å². The molecule has 6 heteroatoms. The van der Waals surface area contributed by atoms with E-state index in [-0.39, 0.29) is 18.4 Å². The predicted molar refractivity (Wildman–Crippen MR) is 140 cm³/mol. The van der Waals surface area contributed by atoms with E-state index in [1.54, 1.807) is 0 Å². The molecule has 0 spiro atoms. The molecule has 2 aliphatic carbocycles. The number of aryl methyl sites for hydroxylation is 2. The van der Waals surface area contributed by atoms with E-state index in [1.165, 1.54) is 11.1 Å². The highest BCUT2D eigenvalue weighted by Gasteiger charge is 2.51. The fraction of sp³-hybridized carbons (Fsp3) is 0.258. The van der Waals surface area contributed by atoms with Gasteiger partial charge in [-0.15, -0.1) is 0 Å². The van der Waals surface area contributed by atoms with Gasteiger partial charge in [-0.25, -0.2) is 0 Å². The number of nitrogens with one attached hydrogen (secondary N) is 1. The van der Waals surface area contributed by atoms with E-state index in [1.807, 2.05) is 67.6 Å². The molecular formula is C31H28N2O4. The number of carbonyl (C=O) groups excluding carboxylic acids is 1. The van der Waals surface area contributed by atoms with E-state index in [0.29, 0.717) is 24.3 Å². The van der Waals surface area contributed by atoms with Crippen LogP contribution in [0.5, 0.6) is 0 Å². The normalized spacial score (nSPS) is 17.3. The van der Waals surface area contributed by atoms with Crippen molar-refractivity contribution in [3.05, 3.63) is 101 Å². The van der Waals surface area contributed by atoms with Crippen LogP contribution in [-0.4, -0.2) is 22.1 Å². The van der Waals surface area contributed by atoms with Gasteiger partial charge in [0.05, 0.1) is 23.6 Å². The van der Waals surface area contributed by atoms with Gasteiger partial charge in [0.1, 0.15) is 0 Å². The van der Waals surface area contributed by atoms with Gasteiger partial charge in [0.2, 0.25) is 5.91 Å². The number of hydrogen-bond donors (Lipinski definition) is 2. The van der Waals surface area contributed by atoms with Crippen molar-refractivity contribution >= 4 is 11.9 Å². The van der Waals surface area contributed by atoms with Gasteiger partial charge in [-0.2, -0.15) is 0 Å². The minimum Gasteiger partial charge on any atom is -0.481 e. The molecule has 1 amide bonds. The van der Waals surface area contributed by atoms with Crippen molar-refractivity contribution in [3.8, 4) is 22.5 Å². The quantitative estimate of drug-likeness (QED) is 0.341. The smallest absolute Gasteiger partial charge is 0.314 e. The second kappa shape index (κ2) is 9.04. The minimum atomic E-state index is -0.746. The van der Waals surface area contributed by atoms with Gasteiger partial charge in [0.15, 0.2) is 5.76 Å². The van der Waals surface area contributed by atoms with Gasteiger partial charge >= 0.3 is 5.97 Å². The molecule has 1 heterocycles. The van der Waals surface area contributed by atoms with Crippen molar-refractivity contribution < 1.29 is 19.2 Å². The number of carboxylic acids is 1. The number of aliphatic carboxylic acids is 1. The van der Waals surface area contributed by atoms with Crippen LogP contribution < -0.4 is 5.32 Å². The zero-order valence-electron chi connectivity index (χ0n) is 20.7. The van der Waals surface area contributed by atoms with Gasteiger partial charge < -0.3 is 14.9 Å². The summed E-state index contributed by atoms with van der Waals surface area (Å²) in [6.45, 7) is 1.86. The third-order valence-electron chi connectivity index (χ3n) is 7.87. The number of hydrogen-bond acceptors (Lipinski definition) is 4. The molecule has 0 bridgehead atoms. The standard InChI is InChI=1S/C31H28N2O4/c1-19-26(18-28(34)32-27-15-12-22-4-2-3-5-25(22)27)29(37-33-19)23-8-6-20(7-9-23)21-10-13-24(14-11-21)31(16-17-31)30(35)36/h2-11,13-14,27H,12,15-18H2,1H3,(H,32,34)(H,35,36)/t27-/m0/s1. The molecule has 6 nitrogen and oxygen atoms in total. The summed E-state index contributed by atoms with van der Waals surface area (Å²) in [5, 5.41) is 16.9. The van der Waals surface area contributed by atoms with Gasteiger partial charge in [-0.1, -0.05) is 78.0 Å². The second-order valence-corrected chi connectivity index (χ2v) is 10.2. The van der Waals surface area contributed by atoms with Crippen LogP contribution in [0.3, 0.4) is 0 Å². The van der Waals surface area contributed by atoms with Crippen LogP contribution in [0.2, 0.25) is 0 Å². The Morgan fingerprint density at radius 2 is 1.62 bits per heavy atom. The molecular weight excluding hydrogens is 464 g/mol. The Morgan fingerprint density at radius 3 is 2.30 bits per heavy atom. The number of rotatable bonds is 7. The molecule has 3 aromatic carbocycles. The number of carbonyl (C=O) groups is 2. The zero-order valence-corrected chi connectivity index (χ0v) is 20.7. The minimum absolute atomic E-state index is 0.0410. The molecule has 1 atom stereocenters. The van der Waals surface area contributed by atoms with Gasteiger partial charge in [-0.3, -0.25) is 9.59 Å². The Morgan fingerprint density at radius 1 is 0.973 bits per heavy atom. The topological polar surface area (TPSA) is 92.4 Å². The lowest BCUT2D eigenvalue weighted by atomic mass is 9.93. The molecule has 0 radical (unpaired) electrons. The Hall–Kier alpha value is -4.19. The van der Waals surface area contributed by atoms with E-state index in [2.05, 4.69) is 22.6 Å². The molecule has 186 valence electrons. The highest BCUT2D eigenvalue weighted by atomic mass is 16.5. The summed E-state index contributed by atoms with van der Waals surface area (Å²) in [6.07, 6.45) is 3.49. The van der Waals surface area contributed by atoms with E-state index in [9.17, 15) is 14.7 Å². The molecule has 4 aromatic rings. The Balaban J connectivity index is 1.17. The molecule has 1 aromatic heterocycles.